The lowest BCUT2D eigenvalue weighted by atomic mass is 10.1. The van der Waals surface area contributed by atoms with Gasteiger partial charge < -0.3 is 30.4 Å². The SMILES string of the molecule is COc1ccc(Cc2cnc(N)nc2N)cc1OCCCN(c1ccc([N+](=O)[O-])cc1)c1ccc(S(=O)O)cc1. The zero-order valence-corrected chi connectivity index (χ0v) is 22.4. The predicted molar refractivity (Wildman–Crippen MR) is 152 cm³/mol. The minimum Gasteiger partial charge on any atom is -0.493 e. The Labute approximate surface area is 233 Å². The summed E-state index contributed by atoms with van der Waals surface area (Å²) >= 11 is -2.10. The van der Waals surface area contributed by atoms with Crippen LogP contribution in [-0.2, 0) is 17.5 Å². The van der Waals surface area contributed by atoms with Gasteiger partial charge >= 0.3 is 0 Å². The molecule has 4 aromatic rings. The van der Waals surface area contributed by atoms with Crippen molar-refractivity contribution in [3.8, 4) is 11.5 Å². The molecule has 0 saturated heterocycles. The van der Waals surface area contributed by atoms with Crippen LogP contribution in [0.2, 0.25) is 0 Å². The number of nitrogens with two attached hydrogens (primary N) is 2. The molecule has 3 aromatic carbocycles. The third-order valence-corrected chi connectivity index (χ3v) is 6.72. The lowest BCUT2D eigenvalue weighted by Crippen LogP contribution is -2.20. The quantitative estimate of drug-likeness (QED) is 0.0964. The number of ether oxygens (including phenoxy) is 2. The second-order valence-corrected chi connectivity index (χ2v) is 9.64. The number of anilines is 4. The second-order valence-electron chi connectivity index (χ2n) is 8.67. The number of rotatable bonds is 12. The van der Waals surface area contributed by atoms with E-state index in [1.807, 2.05) is 23.1 Å². The molecule has 0 aliphatic heterocycles. The molecule has 0 spiro atoms. The highest BCUT2D eigenvalue weighted by molar-refractivity contribution is 7.79. The van der Waals surface area contributed by atoms with E-state index in [4.69, 9.17) is 20.9 Å². The molecule has 0 aliphatic rings. The van der Waals surface area contributed by atoms with Gasteiger partial charge in [0.05, 0.1) is 23.5 Å². The molecule has 13 heteroatoms. The van der Waals surface area contributed by atoms with Crippen LogP contribution in [0.5, 0.6) is 11.5 Å². The Kier molecular flexibility index (Phi) is 9.09. The van der Waals surface area contributed by atoms with Crippen LogP contribution in [-0.4, -0.2) is 43.9 Å². The Hall–Kier alpha value is -4.75. The molecule has 1 aromatic heterocycles. The molecule has 1 unspecified atom stereocenters. The minimum absolute atomic E-state index is 0.0164. The molecule has 5 N–H and O–H groups in total. The first kappa shape index (κ1) is 28.3. The van der Waals surface area contributed by atoms with Crippen molar-refractivity contribution in [2.75, 3.05) is 36.6 Å². The van der Waals surface area contributed by atoms with Gasteiger partial charge in [0, 0.05) is 48.2 Å². The summed E-state index contributed by atoms with van der Waals surface area (Å²) < 4.78 is 32.3. The van der Waals surface area contributed by atoms with E-state index in [1.165, 1.54) is 12.1 Å². The summed E-state index contributed by atoms with van der Waals surface area (Å²) in [4.78, 5) is 20.9. The van der Waals surface area contributed by atoms with Crippen LogP contribution in [0, 0.1) is 10.1 Å². The van der Waals surface area contributed by atoms with Crippen LogP contribution in [0.15, 0.2) is 77.8 Å². The Morgan fingerprint density at radius 1 is 1.02 bits per heavy atom. The van der Waals surface area contributed by atoms with Gasteiger partial charge in [-0.2, -0.15) is 4.98 Å². The summed E-state index contributed by atoms with van der Waals surface area (Å²) in [6.07, 6.45) is 2.66. The fourth-order valence-corrected chi connectivity index (χ4v) is 4.41. The van der Waals surface area contributed by atoms with E-state index in [0.29, 0.717) is 43.3 Å². The van der Waals surface area contributed by atoms with Crippen molar-refractivity contribution < 1.29 is 23.2 Å². The summed E-state index contributed by atoms with van der Waals surface area (Å²) in [7, 11) is 1.56. The highest BCUT2D eigenvalue weighted by Crippen LogP contribution is 2.31. The van der Waals surface area contributed by atoms with Crippen molar-refractivity contribution in [3.05, 3.63) is 94.2 Å². The number of nitrogens with zero attached hydrogens (tertiary/aromatic N) is 4. The van der Waals surface area contributed by atoms with E-state index in [2.05, 4.69) is 9.97 Å². The van der Waals surface area contributed by atoms with Gasteiger partial charge in [0.1, 0.15) is 5.82 Å². The second kappa shape index (κ2) is 12.9. The Morgan fingerprint density at radius 2 is 1.70 bits per heavy atom. The molecule has 0 radical (unpaired) electrons. The average Bonchev–Trinajstić information content (AvgIpc) is 2.95. The van der Waals surface area contributed by atoms with E-state index in [-0.39, 0.29) is 16.5 Å². The number of non-ortho nitro benzene ring substituents is 1. The molecule has 12 nitrogen and oxygen atoms in total. The van der Waals surface area contributed by atoms with Crippen molar-refractivity contribution in [2.45, 2.75) is 17.7 Å². The largest absolute Gasteiger partial charge is 0.493 e. The van der Waals surface area contributed by atoms with Crippen LogP contribution in [0.25, 0.3) is 0 Å². The highest BCUT2D eigenvalue weighted by atomic mass is 32.2. The minimum atomic E-state index is -2.10. The van der Waals surface area contributed by atoms with Crippen molar-refractivity contribution >= 4 is 39.9 Å². The molecule has 0 aliphatic carbocycles. The monoisotopic (exact) mass is 564 g/mol. The topological polar surface area (TPSA) is 180 Å². The first-order valence-corrected chi connectivity index (χ1v) is 13.3. The van der Waals surface area contributed by atoms with Gasteiger partial charge in [-0.1, -0.05) is 6.07 Å². The van der Waals surface area contributed by atoms with Crippen molar-refractivity contribution in [1.82, 2.24) is 9.97 Å². The number of aromatic nitrogens is 2. The summed E-state index contributed by atoms with van der Waals surface area (Å²) in [6.45, 7) is 0.843. The first-order valence-electron chi connectivity index (χ1n) is 12.1. The van der Waals surface area contributed by atoms with E-state index in [0.717, 1.165) is 22.5 Å². The maximum absolute atomic E-state index is 11.4. The summed E-state index contributed by atoms with van der Waals surface area (Å²) in [5.74, 6) is 1.56. The van der Waals surface area contributed by atoms with Crippen molar-refractivity contribution in [2.24, 2.45) is 0 Å². The number of hydrogen-bond donors (Lipinski definition) is 3. The van der Waals surface area contributed by atoms with E-state index in [1.54, 1.807) is 49.7 Å². The zero-order chi connectivity index (χ0) is 28.6. The molecule has 1 atom stereocenters. The molecule has 208 valence electrons. The summed E-state index contributed by atoms with van der Waals surface area (Å²) in [6, 6.07) is 18.4. The molecule has 0 fully saturated rings. The first-order chi connectivity index (χ1) is 19.2. The van der Waals surface area contributed by atoms with Crippen LogP contribution in [0.3, 0.4) is 0 Å². The maximum Gasteiger partial charge on any atom is 0.269 e. The van der Waals surface area contributed by atoms with Gasteiger partial charge in [-0.3, -0.25) is 10.1 Å². The molecule has 0 amide bonds. The molecule has 4 rings (SSSR count). The Balaban J connectivity index is 1.47. The third kappa shape index (κ3) is 7.01. The fourth-order valence-electron chi connectivity index (χ4n) is 4.04. The lowest BCUT2D eigenvalue weighted by molar-refractivity contribution is -0.384. The van der Waals surface area contributed by atoms with E-state index >= 15 is 0 Å². The molecule has 1 heterocycles. The number of nitro benzene ring substituents is 1. The van der Waals surface area contributed by atoms with Crippen LogP contribution < -0.4 is 25.8 Å². The Bertz CT molecular complexity index is 1440. The van der Waals surface area contributed by atoms with Crippen LogP contribution >= 0.6 is 0 Å². The van der Waals surface area contributed by atoms with Crippen molar-refractivity contribution in [1.29, 1.82) is 0 Å². The summed E-state index contributed by atoms with van der Waals surface area (Å²) in [5, 5.41) is 11.1. The average molecular weight is 565 g/mol. The molecular formula is C27H28N6O6S. The number of methoxy groups -OCH3 is 1. The highest BCUT2D eigenvalue weighted by Gasteiger charge is 2.14. The molecule has 40 heavy (non-hydrogen) atoms. The Morgan fingerprint density at radius 3 is 2.30 bits per heavy atom. The number of hydrogen-bond acceptors (Lipinski definition) is 10. The predicted octanol–water partition coefficient (Wildman–Crippen LogP) is 4.34. The smallest absolute Gasteiger partial charge is 0.269 e. The lowest BCUT2D eigenvalue weighted by Gasteiger charge is -2.25. The normalized spacial score (nSPS) is 11.6. The molecule has 0 bridgehead atoms. The van der Waals surface area contributed by atoms with Gasteiger partial charge in [-0.25, -0.2) is 9.19 Å². The van der Waals surface area contributed by atoms with Crippen LogP contribution in [0.4, 0.5) is 28.8 Å². The van der Waals surface area contributed by atoms with E-state index < -0.39 is 16.0 Å². The van der Waals surface area contributed by atoms with Gasteiger partial charge in [0.25, 0.3) is 5.69 Å². The van der Waals surface area contributed by atoms with E-state index in [9.17, 15) is 18.9 Å². The molecule has 0 saturated carbocycles. The zero-order valence-electron chi connectivity index (χ0n) is 21.6. The molecular weight excluding hydrogens is 536 g/mol. The van der Waals surface area contributed by atoms with Gasteiger partial charge in [0.15, 0.2) is 22.6 Å². The van der Waals surface area contributed by atoms with Gasteiger partial charge in [-0.05, 0) is 60.5 Å². The fraction of sp³-hybridized carbons (Fsp3) is 0.185. The summed E-state index contributed by atoms with van der Waals surface area (Å²) in [5.41, 5.74) is 14.7. The van der Waals surface area contributed by atoms with Gasteiger partial charge in [0.2, 0.25) is 5.95 Å². The number of benzene rings is 3. The third-order valence-electron chi connectivity index (χ3n) is 6.05. The van der Waals surface area contributed by atoms with Crippen molar-refractivity contribution in [3.63, 3.8) is 0 Å². The van der Waals surface area contributed by atoms with Crippen LogP contribution in [0.1, 0.15) is 17.5 Å². The number of nitrogen functional groups attached to an aromatic ring is 2. The maximum atomic E-state index is 11.4. The standard InChI is InChI=1S/C27H28N6O6S/c1-38-24-12-3-18(15-19-17-30-27(29)31-26(19)28)16-25(24)39-14-2-13-32(20-4-6-22(7-5-20)33(34)35)21-8-10-23(11-9-21)40(36)37/h3-12,16-17H,2,13-15H2,1H3,(H,36,37)(H4,28,29,30,31). The number of nitro groups is 1. The van der Waals surface area contributed by atoms with Gasteiger partial charge in [-0.15, -0.1) is 0 Å².